The van der Waals surface area contributed by atoms with Gasteiger partial charge in [-0.15, -0.1) is 0 Å². The molecule has 3 aromatic carbocycles. The summed E-state index contributed by atoms with van der Waals surface area (Å²) < 4.78 is 26.2. The van der Waals surface area contributed by atoms with E-state index in [1.165, 1.54) is 24.3 Å². The van der Waals surface area contributed by atoms with Gasteiger partial charge in [-0.05, 0) is 61.0 Å². The summed E-state index contributed by atoms with van der Waals surface area (Å²) >= 11 is 0. The Morgan fingerprint density at radius 3 is 2.30 bits per heavy atom. The van der Waals surface area contributed by atoms with E-state index in [4.69, 9.17) is 9.47 Å². The molecule has 190 valence electrons. The molecule has 0 radical (unpaired) electrons. The average Bonchev–Trinajstić information content (AvgIpc) is 3.30. The smallest absolute Gasteiger partial charge is 0.249 e. The van der Waals surface area contributed by atoms with E-state index >= 15 is 0 Å². The Morgan fingerprint density at radius 2 is 1.65 bits per heavy atom. The zero-order valence-electron chi connectivity index (χ0n) is 20.3. The Bertz CT molecular complexity index is 1310. The second-order valence-electron chi connectivity index (χ2n) is 8.29. The third-order valence-corrected chi connectivity index (χ3v) is 5.46. The number of imidazole rings is 1. The lowest BCUT2D eigenvalue weighted by molar-refractivity contribution is -0.128. The third kappa shape index (κ3) is 7.74. The van der Waals surface area contributed by atoms with Crippen LogP contribution in [-0.2, 0) is 27.5 Å². The number of nitrogens with one attached hydrogen (secondary N) is 2. The van der Waals surface area contributed by atoms with Crippen molar-refractivity contribution < 1.29 is 23.5 Å². The minimum atomic E-state index is -0.921. The van der Waals surface area contributed by atoms with Crippen molar-refractivity contribution in [3.63, 3.8) is 0 Å². The van der Waals surface area contributed by atoms with Crippen LogP contribution in [0.2, 0.25) is 0 Å². The number of ether oxygens (including phenoxy) is 2. The van der Waals surface area contributed by atoms with Gasteiger partial charge in [0.05, 0.1) is 13.2 Å². The maximum Gasteiger partial charge on any atom is 0.249 e. The van der Waals surface area contributed by atoms with Crippen molar-refractivity contribution in [3.05, 3.63) is 108 Å². The van der Waals surface area contributed by atoms with Gasteiger partial charge in [-0.25, -0.2) is 9.37 Å². The number of aryl methyl sites for hydroxylation is 1. The highest BCUT2D eigenvalue weighted by Crippen LogP contribution is 2.23. The summed E-state index contributed by atoms with van der Waals surface area (Å²) in [6, 6.07) is 21.0. The Balaban J connectivity index is 1.38. The van der Waals surface area contributed by atoms with Crippen LogP contribution in [0.15, 0.2) is 91.3 Å². The lowest BCUT2D eigenvalue weighted by atomic mass is 10.2. The second-order valence-corrected chi connectivity index (χ2v) is 8.29. The molecule has 2 N–H and O–H groups in total. The molecule has 2 amide bonds. The van der Waals surface area contributed by atoms with Crippen molar-refractivity contribution in [2.45, 2.75) is 26.1 Å². The first-order valence-corrected chi connectivity index (χ1v) is 11.7. The third-order valence-electron chi connectivity index (χ3n) is 5.46. The van der Waals surface area contributed by atoms with Crippen LogP contribution in [0.1, 0.15) is 11.4 Å². The fraction of sp³-hybridized carbons (Fsp3) is 0.179. The number of benzene rings is 3. The highest BCUT2D eigenvalue weighted by Gasteiger charge is 2.22. The molecular weight excluding hydrogens is 475 g/mol. The van der Waals surface area contributed by atoms with E-state index in [-0.39, 0.29) is 24.9 Å². The van der Waals surface area contributed by atoms with E-state index in [9.17, 15) is 14.0 Å². The number of aromatic nitrogens is 2. The van der Waals surface area contributed by atoms with Crippen molar-refractivity contribution in [3.8, 4) is 11.5 Å². The molecule has 8 nitrogen and oxygen atoms in total. The number of anilines is 1. The van der Waals surface area contributed by atoms with Crippen LogP contribution in [0, 0.1) is 12.7 Å². The van der Waals surface area contributed by atoms with E-state index in [1.54, 1.807) is 48.1 Å². The van der Waals surface area contributed by atoms with Gasteiger partial charge in [-0.1, -0.05) is 30.3 Å². The van der Waals surface area contributed by atoms with Gasteiger partial charge in [-0.3, -0.25) is 9.59 Å². The van der Waals surface area contributed by atoms with Crippen molar-refractivity contribution in [2.75, 3.05) is 11.9 Å². The SMILES string of the molecule is Cc1nccn1CC(=O)N[C@@H](COCc1ccccc1)C(=O)Nc1ccc(Oc2ccc(F)cc2)cc1. The predicted octanol–water partition coefficient (Wildman–Crippen LogP) is 4.46. The number of carbonyl (C=O) groups excluding carboxylic acids is 2. The van der Waals surface area contributed by atoms with Gasteiger partial charge in [0.1, 0.15) is 35.7 Å². The van der Waals surface area contributed by atoms with E-state index in [2.05, 4.69) is 15.6 Å². The van der Waals surface area contributed by atoms with Crippen LogP contribution in [0.3, 0.4) is 0 Å². The van der Waals surface area contributed by atoms with Crippen LogP contribution < -0.4 is 15.4 Å². The number of rotatable bonds is 11. The van der Waals surface area contributed by atoms with Crippen molar-refractivity contribution in [1.82, 2.24) is 14.9 Å². The van der Waals surface area contributed by atoms with Crippen LogP contribution in [-0.4, -0.2) is 34.0 Å². The first kappa shape index (κ1) is 25.6. The molecule has 0 fully saturated rings. The normalized spacial score (nSPS) is 11.5. The lowest BCUT2D eigenvalue weighted by Gasteiger charge is -2.19. The summed E-state index contributed by atoms with van der Waals surface area (Å²) in [5, 5.41) is 5.56. The molecule has 37 heavy (non-hydrogen) atoms. The molecule has 0 saturated carbocycles. The molecule has 4 rings (SSSR count). The number of hydrogen-bond donors (Lipinski definition) is 2. The van der Waals surface area contributed by atoms with Gasteiger partial charge in [0, 0.05) is 18.1 Å². The van der Waals surface area contributed by atoms with Gasteiger partial charge in [0.2, 0.25) is 11.8 Å². The summed E-state index contributed by atoms with van der Waals surface area (Å²) in [4.78, 5) is 29.9. The summed E-state index contributed by atoms with van der Waals surface area (Å²) in [6.07, 6.45) is 3.31. The van der Waals surface area contributed by atoms with Gasteiger partial charge >= 0.3 is 0 Å². The largest absolute Gasteiger partial charge is 0.457 e. The highest BCUT2D eigenvalue weighted by molar-refractivity contribution is 5.97. The molecular formula is C28H27FN4O4. The van der Waals surface area contributed by atoms with Crippen LogP contribution in [0.4, 0.5) is 10.1 Å². The highest BCUT2D eigenvalue weighted by atomic mass is 19.1. The molecule has 1 aromatic heterocycles. The maximum atomic E-state index is 13.1. The molecule has 9 heteroatoms. The molecule has 0 aliphatic carbocycles. The van der Waals surface area contributed by atoms with Gasteiger partial charge in [0.15, 0.2) is 0 Å². The summed E-state index contributed by atoms with van der Waals surface area (Å²) in [5.41, 5.74) is 1.47. The number of hydrogen-bond acceptors (Lipinski definition) is 5. The average molecular weight is 503 g/mol. The number of halogens is 1. The Hall–Kier alpha value is -4.50. The molecule has 0 saturated heterocycles. The van der Waals surface area contributed by atoms with Gasteiger partial charge in [-0.2, -0.15) is 0 Å². The second kappa shape index (κ2) is 12.5. The van der Waals surface area contributed by atoms with Gasteiger partial charge < -0.3 is 24.7 Å². The van der Waals surface area contributed by atoms with Crippen molar-refractivity contribution in [2.24, 2.45) is 0 Å². The molecule has 0 spiro atoms. The van der Waals surface area contributed by atoms with E-state index in [0.717, 1.165) is 5.56 Å². The van der Waals surface area contributed by atoms with Crippen molar-refractivity contribution >= 4 is 17.5 Å². The van der Waals surface area contributed by atoms with Crippen LogP contribution >= 0.6 is 0 Å². The number of amides is 2. The van der Waals surface area contributed by atoms with Crippen LogP contribution in [0.25, 0.3) is 0 Å². The van der Waals surface area contributed by atoms with Gasteiger partial charge in [0.25, 0.3) is 0 Å². The fourth-order valence-electron chi connectivity index (χ4n) is 3.49. The van der Waals surface area contributed by atoms with Crippen molar-refractivity contribution in [1.29, 1.82) is 0 Å². The van der Waals surface area contributed by atoms with E-state index < -0.39 is 11.9 Å². The van der Waals surface area contributed by atoms with E-state index in [1.807, 2.05) is 30.3 Å². The van der Waals surface area contributed by atoms with Crippen LogP contribution in [0.5, 0.6) is 11.5 Å². The molecule has 1 heterocycles. The zero-order chi connectivity index (χ0) is 26.0. The first-order valence-electron chi connectivity index (χ1n) is 11.7. The number of carbonyl (C=O) groups is 2. The Kier molecular flexibility index (Phi) is 8.62. The predicted molar refractivity (Wildman–Crippen MR) is 137 cm³/mol. The summed E-state index contributed by atoms with van der Waals surface area (Å²) in [5.74, 6) is 0.601. The molecule has 0 aliphatic rings. The molecule has 0 aliphatic heterocycles. The Labute approximate surface area is 214 Å². The Morgan fingerprint density at radius 1 is 0.973 bits per heavy atom. The molecule has 4 aromatic rings. The number of nitrogens with zero attached hydrogens (tertiary/aromatic N) is 2. The lowest BCUT2D eigenvalue weighted by Crippen LogP contribution is -2.47. The molecule has 1 atom stereocenters. The standard InChI is InChI=1S/C28H27FN4O4/c1-20-30-15-16-33(20)17-27(34)32-26(19-36-18-21-5-3-2-4-6-21)28(35)31-23-9-13-25(14-10-23)37-24-11-7-22(29)8-12-24/h2-16,26H,17-19H2,1H3,(H,31,35)(H,32,34)/t26-/m0/s1. The zero-order valence-corrected chi connectivity index (χ0v) is 20.3. The minimum Gasteiger partial charge on any atom is -0.457 e. The topological polar surface area (TPSA) is 94.5 Å². The summed E-state index contributed by atoms with van der Waals surface area (Å²) in [6.45, 7) is 2.12. The maximum absolute atomic E-state index is 13.1. The molecule has 0 bridgehead atoms. The first-order chi connectivity index (χ1) is 18.0. The summed E-state index contributed by atoms with van der Waals surface area (Å²) in [7, 11) is 0. The fourth-order valence-corrected chi connectivity index (χ4v) is 3.49. The van der Waals surface area contributed by atoms with E-state index in [0.29, 0.717) is 29.6 Å². The molecule has 0 unspecified atom stereocenters. The quantitative estimate of drug-likeness (QED) is 0.316. The minimum absolute atomic E-state index is 0.0128. The monoisotopic (exact) mass is 502 g/mol.